The number of hydrogen-bond acceptors (Lipinski definition) is 7. The molecule has 0 aliphatic rings. The lowest BCUT2D eigenvalue weighted by Gasteiger charge is -2.24. The average Bonchev–Trinajstić information content (AvgIpc) is 2.78. The van der Waals surface area contributed by atoms with Crippen LogP contribution in [0.1, 0.15) is 31.9 Å². The number of carbonyl (C=O) groups is 1. The van der Waals surface area contributed by atoms with Crippen LogP contribution in [-0.2, 0) is 11.3 Å². The van der Waals surface area contributed by atoms with Gasteiger partial charge in [-0.2, -0.15) is 15.2 Å². The first-order valence-corrected chi connectivity index (χ1v) is 11.2. The van der Waals surface area contributed by atoms with Gasteiger partial charge in [0, 0.05) is 16.3 Å². The number of nitrogens with one attached hydrogen (secondary N) is 1. The van der Waals surface area contributed by atoms with Crippen molar-refractivity contribution < 1.29 is 14.3 Å². The van der Waals surface area contributed by atoms with Gasteiger partial charge in [0.05, 0.1) is 0 Å². The van der Waals surface area contributed by atoms with Crippen LogP contribution >= 0.6 is 22.6 Å². The summed E-state index contributed by atoms with van der Waals surface area (Å²) in [6.07, 6.45) is -0.624. The fraction of sp³-hybridized carbons (Fsp3) is 0.250. The fourth-order valence-electron chi connectivity index (χ4n) is 2.68. The quantitative estimate of drug-likeness (QED) is 0.391. The smallest absolute Gasteiger partial charge is 0.416 e. The SMILES string of the molecule is CN(C(=O)OC(C)(C)C)c1nc(Nc2ccc(I)cc2)c(C#N)c(OCc2ccccc2)n1. The number of hydrogen-bond donors (Lipinski definition) is 1. The number of nitrogens with zero attached hydrogens (tertiary/aromatic N) is 4. The van der Waals surface area contributed by atoms with Crippen LogP contribution < -0.4 is 15.0 Å². The van der Waals surface area contributed by atoms with Gasteiger partial charge < -0.3 is 14.8 Å². The van der Waals surface area contributed by atoms with E-state index in [1.165, 1.54) is 11.9 Å². The number of aromatic nitrogens is 2. The molecule has 170 valence electrons. The Kier molecular flexibility index (Phi) is 7.71. The van der Waals surface area contributed by atoms with Crippen LogP contribution in [0.15, 0.2) is 54.6 Å². The number of halogens is 1. The topological polar surface area (TPSA) is 100 Å². The lowest BCUT2D eigenvalue weighted by molar-refractivity contribution is 0.0587. The van der Waals surface area contributed by atoms with Crippen molar-refractivity contribution in [2.45, 2.75) is 33.0 Å². The van der Waals surface area contributed by atoms with Gasteiger partial charge in [0.25, 0.3) is 0 Å². The Morgan fingerprint density at radius 3 is 2.39 bits per heavy atom. The first-order chi connectivity index (χ1) is 15.7. The van der Waals surface area contributed by atoms with Gasteiger partial charge in [-0.05, 0) is 73.2 Å². The number of amides is 1. The molecule has 8 nitrogen and oxygen atoms in total. The van der Waals surface area contributed by atoms with Crippen LogP contribution in [0.2, 0.25) is 0 Å². The number of rotatable bonds is 6. The van der Waals surface area contributed by atoms with Crippen LogP contribution in [0.3, 0.4) is 0 Å². The largest absolute Gasteiger partial charge is 0.472 e. The molecule has 1 N–H and O–H groups in total. The summed E-state index contributed by atoms with van der Waals surface area (Å²) < 4.78 is 12.4. The van der Waals surface area contributed by atoms with Crippen LogP contribution in [0.5, 0.6) is 5.88 Å². The molecular formula is C24H24IN5O3. The molecule has 0 saturated heterocycles. The molecule has 0 radical (unpaired) electrons. The Morgan fingerprint density at radius 1 is 1.12 bits per heavy atom. The lowest BCUT2D eigenvalue weighted by Crippen LogP contribution is -2.35. The van der Waals surface area contributed by atoms with Gasteiger partial charge in [-0.15, -0.1) is 0 Å². The highest BCUT2D eigenvalue weighted by Gasteiger charge is 2.25. The van der Waals surface area contributed by atoms with Crippen LogP contribution in [-0.4, -0.2) is 28.7 Å². The Hall–Kier alpha value is -3.39. The molecule has 0 saturated carbocycles. The predicted molar refractivity (Wildman–Crippen MR) is 135 cm³/mol. The normalized spacial score (nSPS) is 10.8. The van der Waals surface area contributed by atoms with Gasteiger partial charge in [-0.3, -0.25) is 0 Å². The van der Waals surface area contributed by atoms with E-state index in [2.05, 4.69) is 43.9 Å². The van der Waals surface area contributed by atoms with Gasteiger partial charge in [-0.1, -0.05) is 30.3 Å². The number of benzene rings is 2. The first kappa shape index (κ1) is 24.3. The van der Waals surface area contributed by atoms with Crippen molar-refractivity contribution >= 4 is 46.1 Å². The maximum atomic E-state index is 12.6. The summed E-state index contributed by atoms with van der Waals surface area (Å²) in [6, 6.07) is 19.2. The zero-order valence-corrected chi connectivity index (χ0v) is 21.0. The van der Waals surface area contributed by atoms with Crippen LogP contribution in [0.25, 0.3) is 0 Å². The molecule has 3 aromatic rings. The van der Waals surface area contributed by atoms with Gasteiger partial charge >= 0.3 is 6.09 Å². The second-order valence-electron chi connectivity index (χ2n) is 8.11. The van der Waals surface area contributed by atoms with E-state index < -0.39 is 11.7 Å². The van der Waals surface area contributed by atoms with Crippen molar-refractivity contribution in [2.24, 2.45) is 0 Å². The number of anilines is 3. The zero-order chi connectivity index (χ0) is 24.0. The third-order valence-corrected chi connectivity index (χ3v) is 4.99. The van der Waals surface area contributed by atoms with Crippen molar-refractivity contribution in [3.8, 4) is 11.9 Å². The zero-order valence-electron chi connectivity index (χ0n) is 18.8. The monoisotopic (exact) mass is 557 g/mol. The molecule has 0 fully saturated rings. The molecule has 0 aliphatic heterocycles. The van der Waals surface area contributed by atoms with E-state index in [4.69, 9.17) is 9.47 Å². The summed E-state index contributed by atoms with van der Waals surface area (Å²) in [5.74, 6) is 0.330. The predicted octanol–water partition coefficient (Wildman–Crippen LogP) is 5.65. The highest BCUT2D eigenvalue weighted by atomic mass is 127. The van der Waals surface area contributed by atoms with E-state index in [1.54, 1.807) is 20.8 Å². The Balaban J connectivity index is 2.00. The second kappa shape index (κ2) is 10.5. The maximum absolute atomic E-state index is 12.6. The molecule has 0 aliphatic carbocycles. The van der Waals surface area contributed by atoms with Crippen molar-refractivity contribution in [2.75, 3.05) is 17.3 Å². The van der Waals surface area contributed by atoms with Crippen molar-refractivity contribution in [3.63, 3.8) is 0 Å². The van der Waals surface area contributed by atoms with Crippen molar-refractivity contribution in [1.82, 2.24) is 9.97 Å². The molecule has 1 aromatic heterocycles. The van der Waals surface area contributed by atoms with E-state index in [1.807, 2.05) is 54.6 Å². The molecule has 0 spiro atoms. The highest BCUT2D eigenvalue weighted by Crippen LogP contribution is 2.29. The van der Waals surface area contributed by atoms with E-state index >= 15 is 0 Å². The minimum Gasteiger partial charge on any atom is -0.472 e. The van der Waals surface area contributed by atoms with Crippen molar-refractivity contribution in [3.05, 3.63) is 69.3 Å². The molecular weight excluding hydrogens is 533 g/mol. The molecule has 33 heavy (non-hydrogen) atoms. The van der Waals surface area contributed by atoms with E-state index in [0.717, 1.165) is 14.8 Å². The molecule has 0 atom stereocenters. The number of ether oxygens (including phenoxy) is 2. The Bertz CT molecular complexity index is 1160. The molecule has 3 rings (SSSR count). The summed E-state index contributed by atoms with van der Waals surface area (Å²) in [5.41, 5.74) is 1.08. The van der Waals surface area contributed by atoms with Gasteiger partial charge in [0.2, 0.25) is 11.8 Å². The minimum absolute atomic E-state index is 0.0410. The molecule has 9 heteroatoms. The summed E-state index contributed by atoms with van der Waals surface area (Å²) in [7, 11) is 1.51. The van der Waals surface area contributed by atoms with Gasteiger partial charge in [0.1, 0.15) is 18.3 Å². The van der Waals surface area contributed by atoms with E-state index in [-0.39, 0.29) is 29.8 Å². The summed E-state index contributed by atoms with van der Waals surface area (Å²) in [6.45, 7) is 5.52. The van der Waals surface area contributed by atoms with Gasteiger partial charge in [0.15, 0.2) is 11.4 Å². The Labute approximate surface area is 206 Å². The number of nitriles is 1. The molecule has 1 heterocycles. The third-order valence-electron chi connectivity index (χ3n) is 4.27. The molecule has 2 aromatic carbocycles. The van der Waals surface area contributed by atoms with Crippen LogP contribution in [0, 0.1) is 14.9 Å². The molecule has 1 amide bonds. The standard InChI is InChI=1S/C24H24IN5O3/c1-24(2,3)33-23(31)30(4)22-28-20(27-18-12-10-17(25)11-13-18)19(14-26)21(29-22)32-15-16-8-6-5-7-9-16/h5-13H,15H2,1-4H3,(H,27,28,29). The van der Waals surface area contributed by atoms with Crippen molar-refractivity contribution in [1.29, 1.82) is 5.26 Å². The number of carbonyl (C=O) groups excluding carboxylic acids is 1. The molecule has 0 bridgehead atoms. The first-order valence-electron chi connectivity index (χ1n) is 10.1. The third kappa shape index (κ3) is 6.79. The van der Waals surface area contributed by atoms with Crippen LogP contribution in [0.4, 0.5) is 22.2 Å². The highest BCUT2D eigenvalue weighted by molar-refractivity contribution is 14.1. The fourth-order valence-corrected chi connectivity index (χ4v) is 3.04. The summed E-state index contributed by atoms with van der Waals surface area (Å²) in [4.78, 5) is 22.6. The second-order valence-corrected chi connectivity index (χ2v) is 9.36. The van der Waals surface area contributed by atoms with E-state index in [9.17, 15) is 10.1 Å². The molecule has 0 unspecified atom stereocenters. The summed E-state index contributed by atoms with van der Waals surface area (Å²) >= 11 is 2.21. The summed E-state index contributed by atoms with van der Waals surface area (Å²) in [5, 5.41) is 13.0. The average molecular weight is 557 g/mol. The Morgan fingerprint density at radius 2 is 1.79 bits per heavy atom. The van der Waals surface area contributed by atoms with E-state index in [0.29, 0.717) is 0 Å². The maximum Gasteiger partial charge on any atom is 0.416 e. The minimum atomic E-state index is -0.688. The lowest BCUT2D eigenvalue weighted by atomic mass is 10.2. The van der Waals surface area contributed by atoms with Gasteiger partial charge in [-0.25, -0.2) is 9.69 Å².